The SMILES string of the molecule is c1ccc(-c2ccc(N(c3ccc(-c4cccc5c4oc4ccccc45)cc3)c3cccc4c3ccc3ccc5ccccc5c34)cc2)cc1. The molecule has 0 atom stereocenters. The van der Waals surface area contributed by atoms with E-state index in [0.717, 1.165) is 50.1 Å². The number of benzene rings is 9. The summed E-state index contributed by atoms with van der Waals surface area (Å²) in [5.41, 5.74) is 9.76. The molecule has 2 nitrogen and oxygen atoms in total. The predicted octanol–water partition coefficient (Wildman–Crippen LogP) is 13.8. The maximum absolute atomic E-state index is 6.41. The Morgan fingerprint density at radius 3 is 1.76 bits per heavy atom. The van der Waals surface area contributed by atoms with E-state index in [2.05, 4.69) is 181 Å². The van der Waals surface area contributed by atoms with Crippen LogP contribution in [0.3, 0.4) is 0 Å². The van der Waals surface area contributed by atoms with Crippen LogP contribution >= 0.6 is 0 Å². The number of nitrogens with zero attached hydrogens (tertiary/aromatic N) is 1. The molecule has 0 saturated heterocycles. The first-order chi connectivity index (χ1) is 24.8. The minimum absolute atomic E-state index is 0.910. The van der Waals surface area contributed by atoms with Crippen LogP contribution in [0.25, 0.3) is 76.5 Å². The quantitative estimate of drug-likeness (QED) is 0.175. The number of hydrogen-bond donors (Lipinski definition) is 0. The third kappa shape index (κ3) is 4.57. The van der Waals surface area contributed by atoms with E-state index in [-0.39, 0.29) is 0 Å². The largest absolute Gasteiger partial charge is 0.455 e. The van der Waals surface area contributed by atoms with Gasteiger partial charge in [0.25, 0.3) is 0 Å². The van der Waals surface area contributed by atoms with Crippen molar-refractivity contribution in [2.75, 3.05) is 4.90 Å². The average Bonchev–Trinajstić information content (AvgIpc) is 3.58. The first-order valence-electron chi connectivity index (χ1n) is 17.1. The Morgan fingerprint density at radius 2 is 0.940 bits per heavy atom. The molecule has 0 fully saturated rings. The number of anilines is 3. The summed E-state index contributed by atoms with van der Waals surface area (Å²) in [6.45, 7) is 0. The Bertz CT molecular complexity index is 2850. The highest BCUT2D eigenvalue weighted by Gasteiger charge is 2.18. The minimum Gasteiger partial charge on any atom is -0.455 e. The summed E-state index contributed by atoms with van der Waals surface area (Å²) < 4.78 is 6.41. The smallest absolute Gasteiger partial charge is 0.143 e. The van der Waals surface area contributed by atoms with Crippen molar-refractivity contribution in [3.05, 3.63) is 188 Å². The van der Waals surface area contributed by atoms with E-state index in [0.29, 0.717) is 0 Å². The maximum Gasteiger partial charge on any atom is 0.143 e. The molecule has 0 saturated carbocycles. The van der Waals surface area contributed by atoms with Crippen molar-refractivity contribution in [3.8, 4) is 22.3 Å². The summed E-state index contributed by atoms with van der Waals surface area (Å²) in [7, 11) is 0. The van der Waals surface area contributed by atoms with Crippen molar-refractivity contribution in [1.29, 1.82) is 0 Å². The van der Waals surface area contributed by atoms with Gasteiger partial charge in [-0.1, -0.05) is 152 Å². The molecular formula is C48H31NO. The summed E-state index contributed by atoms with van der Waals surface area (Å²) in [5, 5.41) is 9.79. The second-order valence-electron chi connectivity index (χ2n) is 12.9. The van der Waals surface area contributed by atoms with E-state index in [1.807, 2.05) is 12.1 Å². The van der Waals surface area contributed by atoms with Crippen molar-refractivity contribution in [2.45, 2.75) is 0 Å². The molecule has 2 heteroatoms. The fourth-order valence-corrected chi connectivity index (χ4v) is 7.67. The normalized spacial score (nSPS) is 11.6. The molecule has 0 aliphatic carbocycles. The molecule has 9 aromatic carbocycles. The lowest BCUT2D eigenvalue weighted by molar-refractivity contribution is 0.670. The fourth-order valence-electron chi connectivity index (χ4n) is 7.67. The fraction of sp³-hybridized carbons (Fsp3) is 0. The first kappa shape index (κ1) is 28.4. The zero-order valence-corrected chi connectivity index (χ0v) is 27.3. The van der Waals surface area contributed by atoms with Gasteiger partial charge in [0, 0.05) is 33.1 Å². The summed E-state index contributed by atoms with van der Waals surface area (Å²) in [5.74, 6) is 0. The van der Waals surface area contributed by atoms with Gasteiger partial charge in [0.1, 0.15) is 11.2 Å². The third-order valence-corrected chi connectivity index (χ3v) is 10.1. The molecule has 0 radical (unpaired) electrons. The van der Waals surface area contributed by atoms with E-state index >= 15 is 0 Å². The molecule has 50 heavy (non-hydrogen) atoms. The lowest BCUT2D eigenvalue weighted by Gasteiger charge is -2.27. The molecule has 10 rings (SSSR count). The summed E-state index contributed by atoms with van der Waals surface area (Å²) in [4.78, 5) is 2.39. The highest BCUT2D eigenvalue weighted by Crippen LogP contribution is 2.43. The Kier molecular flexibility index (Phi) is 6.53. The van der Waals surface area contributed by atoms with Gasteiger partial charge in [-0.15, -0.1) is 0 Å². The van der Waals surface area contributed by atoms with Crippen LogP contribution in [0.2, 0.25) is 0 Å². The van der Waals surface area contributed by atoms with Gasteiger partial charge in [-0.25, -0.2) is 0 Å². The van der Waals surface area contributed by atoms with Crippen molar-refractivity contribution >= 4 is 71.3 Å². The van der Waals surface area contributed by atoms with Gasteiger partial charge in [-0.3, -0.25) is 0 Å². The van der Waals surface area contributed by atoms with Crippen molar-refractivity contribution in [1.82, 2.24) is 0 Å². The van der Waals surface area contributed by atoms with Crippen LogP contribution in [-0.4, -0.2) is 0 Å². The predicted molar refractivity (Wildman–Crippen MR) is 212 cm³/mol. The van der Waals surface area contributed by atoms with Gasteiger partial charge in [0.05, 0.1) is 5.69 Å². The summed E-state index contributed by atoms with van der Waals surface area (Å²) >= 11 is 0. The van der Waals surface area contributed by atoms with Crippen LogP contribution in [0.4, 0.5) is 17.1 Å². The Labute approximate surface area is 290 Å². The number of para-hydroxylation sites is 2. The van der Waals surface area contributed by atoms with Crippen LogP contribution in [0.1, 0.15) is 0 Å². The zero-order chi connectivity index (χ0) is 33.0. The molecule has 1 aromatic heterocycles. The lowest BCUT2D eigenvalue weighted by atomic mass is 9.95. The number of fused-ring (bicyclic) bond motifs is 8. The number of rotatable bonds is 5. The summed E-state index contributed by atoms with van der Waals surface area (Å²) in [6.07, 6.45) is 0. The molecule has 0 amide bonds. The zero-order valence-electron chi connectivity index (χ0n) is 27.3. The maximum atomic E-state index is 6.41. The standard InChI is InChI=1S/C48H31NO/c1-2-10-32(11-3-1)33-22-27-37(28-23-33)49(45-18-9-16-43-41(45)31-26-36-21-20-34-12-4-5-13-39(34)47(36)43)38-29-24-35(25-30-38)40-15-8-17-44-42-14-6-7-19-46(42)50-48(40)44/h1-31H. The molecular weight excluding hydrogens is 607 g/mol. The monoisotopic (exact) mass is 637 g/mol. The minimum atomic E-state index is 0.910. The second kappa shape index (κ2) is 11.5. The molecule has 0 spiro atoms. The van der Waals surface area contributed by atoms with Gasteiger partial charge in [-0.2, -0.15) is 0 Å². The molecule has 0 aliphatic rings. The molecule has 10 aromatic rings. The average molecular weight is 638 g/mol. The van der Waals surface area contributed by atoms with Crippen LogP contribution in [-0.2, 0) is 0 Å². The van der Waals surface area contributed by atoms with E-state index in [1.54, 1.807) is 0 Å². The highest BCUT2D eigenvalue weighted by molar-refractivity contribution is 6.22. The Balaban J connectivity index is 1.15. The Hall–Kier alpha value is -6.64. The topological polar surface area (TPSA) is 16.4 Å². The molecule has 0 bridgehead atoms. The second-order valence-corrected chi connectivity index (χ2v) is 12.9. The van der Waals surface area contributed by atoms with E-state index in [4.69, 9.17) is 4.42 Å². The van der Waals surface area contributed by atoms with E-state index < -0.39 is 0 Å². The summed E-state index contributed by atoms with van der Waals surface area (Å²) in [6, 6.07) is 67.5. The van der Waals surface area contributed by atoms with Crippen molar-refractivity contribution in [2.24, 2.45) is 0 Å². The van der Waals surface area contributed by atoms with Crippen LogP contribution in [0.15, 0.2) is 192 Å². The van der Waals surface area contributed by atoms with E-state index in [1.165, 1.54) is 43.4 Å². The van der Waals surface area contributed by atoms with Crippen molar-refractivity contribution in [3.63, 3.8) is 0 Å². The number of furan rings is 1. The van der Waals surface area contributed by atoms with E-state index in [9.17, 15) is 0 Å². The van der Waals surface area contributed by atoms with Crippen LogP contribution < -0.4 is 4.90 Å². The van der Waals surface area contributed by atoms with Gasteiger partial charge < -0.3 is 9.32 Å². The molecule has 0 unspecified atom stereocenters. The van der Waals surface area contributed by atoms with Gasteiger partial charge >= 0.3 is 0 Å². The molecule has 1 heterocycles. The third-order valence-electron chi connectivity index (χ3n) is 10.1. The van der Waals surface area contributed by atoms with Crippen LogP contribution in [0, 0.1) is 0 Å². The lowest BCUT2D eigenvalue weighted by Crippen LogP contribution is -2.10. The Morgan fingerprint density at radius 1 is 0.340 bits per heavy atom. The van der Waals surface area contributed by atoms with Gasteiger partial charge in [0.15, 0.2) is 0 Å². The first-order valence-corrected chi connectivity index (χ1v) is 17.1. The molecule has 0 aliphatic heterocycles. The highest BCUT2D eigenvalue weighted by atomic mass is 16.3. The van der Waals surface area contributed by atoms with Gasteiger partial charge in [-0.05, 0) is 80.0 Å². The van der Waals surface area contributed by atoms with Crippen molar-refractivity contribution < 1.29 is 4.42 Å². The van der Waals surface area contributed by atoms with Gasteiger partial charge in [0.2, 0.25) is 0 Å². The molecule has 0 N–H and O–H groups in total. The van der Waals surface area contributed by atoms with Crippen LogP contribution in [0.5, 0.6) is 0 Å². The molecule has 234 valence electrons. The number of hydrogen-bond acceptors (Lipinski definition) is 2.